The van der Waals surface area contributed by atoms with Gasteiger partial charge in [0.1, 0.15) is 12.6 Å². The van der Waals surface area contributed by atoms with Crippen LogP contribution in [0.25, 0.3) is 0 Å². The lowest BCUT2D eigenvalue weighted by Gasteiger charge is -2.19. The average Bonchev–Trinajstić information content (AvgIpc) is 2.55. The predicted octanol–water partition coefficient (Wildman–Crippen LogP) is 3.57. The van der Waals surface area contributed by atoms with Gasteiger partial charge in [-0.1, -0.05) is 47.5 Å². The molecule has 0 aromatic heterocycles. The van der Waals surface area contributed by atoms with Crippen LogP contribution in [0.4, 0.5) is 0 Å². The maximum absolute atomic E-state index is 12.5. The van der Waals surface area contributed by atoms with Gasteiger partial charge in [-0.3, -0.25) is 4.79 Å². The van der Waals surface area contributed by atoms with E-state index in [1.807, 2.05) is 6.92 Å². The lowest BCUT2D eigenvalue weighted by atomic mass is 10.1. The molecule has 0 N–H and O–H groups in total. The SMILES string of the molecule is Cc1ccc(S(=O)(=O)N(C)CC(=O)O[C@@H](C)c2ccccc2Cl)cc1. The van der Waals surface area contributed by atoms with Gasteiger partial charge in [0, 0.05) is 17.6 Å². The van der Waals surface area contributed by atoms with Crippen molar-refractivity contribution in [2.24, 2.45) is 0 Å². The van der Waals surface area contributed by atoms with Gasteiger partial charge < -0.3 is 4.74 Å². The van der Waals surface area contributed by atoms with E-state index in [0.29, 0.717) is 10.6 Å². The third-order valence-electron chi connectivity index (χ3n) is 3.73. The van der Waals surface area contributed by atoms with Crippen molar-refractivity contribution in [1.82, 2.24) is 4.31 Å². The smallest absolute Gasteiger partial charge is 0.321 e. The quantitative estimate of drug-likeness (QED) is 0.717. The fourth-order valence-corrected chi connectivity index (χ4v) is 3.66. The lowest BCUT2D eigenvalue weighted by Crippen LogP contribution is -2.33. The highest BCUT2D eigenvalue weighted by Crippen LogP contribution is 2.25. The Morgan fingerprint density at radius 1 is 1.16 bits per heavy atom. The van der Waals surface area contributed by atoms with Crippen molar-refractivity contribution in [2.75, 3.05) is 13.6 Å². The number of ether oxygens (including phenoxy) is 1. The molecule has 2 aromatic rings. The Hall–Kier alpha value is -1.89. The third-order valence-corrected chi connectivity index (χ3v) is 5.89. The number of esters is 1. The van der Waals surface area contributed by atoms with Gasteiger partial charge in [0.25, 0.3) is 0 Å². The molecule has 0 aliphatic carbocycles. The second-order valence-corrected chi connectivity index (χ2v) is 8.18. The van der Waals surface area contributed by atoms with Crippen LogP contribution in [0.2, 0.25) is 5.02 Å². The molecule has 0 radical (unpaired) electrons. The largest absolute Gasteiger partial charge is 0.457 e. The van der Waals surface area contributed by atoms with Crippen molar-refractivity contribution < 1.29 is 17.9 Å². The van der Waals surface area contributed by atoms with Crippen LogP contribution in [0.15, 0.2) is 53.4 Å². The van der Waals surface area contributed by atoms with E-state index < -0.39 is 22.1 Å². The number of nitrogens with zero attached hydrogens (tertiary/aromatic N) is 1. The minimum Gasteiger partial charge on any atom is -0.457 e. The van der Waals surface area contributed by atoms with Gasteiger partial charge in [0.2, 0.25) is 10.0 Å². The second kappa shape index (κ2) is 7.99. The molecule has 2 rings (SSSR count). The fourth-order valence-electron chi connectivity index (χ4n) is 2.26. The molecule has 2 aromatic carbocycles. The summed E-state index contributed by atoms with van der Waals surface area (Å²) in [5.41, 5.74) is 1.62. The van der Waals surface area contributed by atoms with E-state index in [2.05, 4.69) is 0 Å². The van der Waals surface area contributed by atoms with Gasteiger partial charge in [0.15, 0.2) is 0 Å². The number of halogens is 1. The summed E-state index contributed by atoms with van der Waals surface area (Å²) in [5.74, 6) is -0.648. The fraction of sp³-hybridized carbons (Fsp3) is 0.278. The van der Waals surface area contributed by atoms with E-state index in [-0.39, 0.29) is 11.4 Å². The van der Waals surface area contributed by atoms with E-state index in [1.165, 1.54) is 19.2 Å². The summed E-state index contributed by atoms with van der Waals surface area (Å²) in [5, 5.41) is 0.489. The van der Waals surface area contributed by atoms with Crippen LogP contribution in [-0.2, 0) is 19.6 Å². The van der Waals surface area contributed by atoms with Crippen LogP contribution in [-0.4, -0.2) is 32.3 Å². The Bertz CT molecular complexity index is 850. The van der Waals surface area contributed by atoms with E-state index >= 15 is 0 Å². The Morgan fingerprint density at radius 2 is 1.76 bits per heavy atom. The number of carbonyl (C=O) groups is 1. The number of hydrogen-bond donors (Lipinski definition) is 0. The zero-order valence-electron chi connectivity index (χ0n) is 14.3. The number of carbonyl (C=O) groups excluding carboxylic acids is 1. The van der Waals surface area contributed by atoms with Crippen molar-refractivity contribution >= 4 is 27.6 Å². The van der Waals surface area contributed by atoms with Crippen molar-refractivity contribution in [2.45, 2.75) is 24.8 Å². The van der Waals surface area contributed by atoms with Gasteiger partial charge in [-0.15, -0.1) is 0 Å². The molecule has 25 heavy (non-hydrogen) atoms. The minimum atomic E-state index is -3.75. The van der Waals surface area contributed by atoms with Gasteiger partial charge in [-0.25, -0.2) is 8.42 Å². The number of hydrogen-bond acceptors (Lipinski definition) is 4. The highest BCUT2D eigenvalue weighted by atomic mass is 35.5. The Kier molecular flexibility index (Phi) is 6.21. The second-order valence-electron chi connectivity index (χ2n) is 5.73. The van der Waals surface area contributed by atoms with E-state index in [4.69, 9.17) is 16.3 Å². The van der Waals surface area contributed by atoms with Gasteiger partial charge in [-0.2, -0.15) is 4.31 Å². The van der Waals surface area contributed by atoms with Crippen LogP contribution in [0.1, 0.15) is 24.2 Å². The topological polar surface area (TPSA) is 63.7 Å². The molecule has 5 nitrogen and oxygen atoms in total. The first-order valence-corrected chi connectivity index (χ1v) is 9.50. The molecule has 134 valence electrons. The molecule has 1 atom stereocenters. The summed E-state index contributed by atoms with van der Waals surface area (Å²) in [6.07, 6.45) is -0.573. The average molecular weight is 382 g/mol. The first kappa shape index (κ1) is 19.4. The Balaban J connectivity index is 2.04. The number of likely N-dealkylation sites (N-methyl/N-ethyl adjacent to an activating group) is 1. The maximum Gasteiger partial charge on any atom is 0.321 e. The number of aryl methyl sites for hydroxylation is 1. The normalized spacial score (nSPS) is 12.8. The molecule has 0 aliphatic heterocycles. The molecule has 0 amide bonds. The van der Waals surface area contributed by atoms with Gasteiger partial charge >= 0.3 is 5.97 Å². The summed E-state index contributed by atoms with van der Waals surface area (Å²) >= 11 is 6.08. The molecule has 7 heteroatoms. The minimum absolute atomic E-state index is 0.132. The summed E-state index contributed by atoms with van der Waals surface area (Å²) in [6, 6.07) is 13.5. The van der Waals surface area contributed by atoms with E-state index in [9.17, 15) is 13.2 Å². The molecule has 0 saturated heterocycles. The molecule has 0 saturated carbocycles. The van der Waals surface area contributed by atoms with Crippen LogP contribution < -0.4 is 0 Å². The standard InChI is InChI=1S/C18H20ClNO4S/c1-13-8-10-15(11-9-13)25(22,23)20(3)12-18(21)24-14(2)16-6-4-5-7-17(16)19/h4-11,14H,12H2,1-3H3/t14-/m0/s1. The van der Waals surface area contributed by atoms with Crippen LogP contribution in [0.5, 0.6) is 0 Å². The number of rotatable bonds is 6. The molecule has 0 aliphatic rings. The summed E-state index contributed by atoms with van der Waals surface area (Å²) in [6.45, 7) is 3.17. The highest BCUT2D eigenvalue weighted by Gasteiger charge is 2.24. The van der Waals surface area contributed by atoms with Gasteiger partial charge in [-0.05, 0) is 32.0 Å². The van der Waals surface area contributed by atoms with E-state index in [1.54, 1.807) is 43.3 Å². The molecule has 0 spiro atoms. The molecular formula is C18H20ClNO4S. The molecule has 0 bridgehead atoms. The summed E-state index contributed by atoms with van der Waals surface area (Å²) in [4.78, 5) is 12.2. The van der Waals surface area contributed by atoms with Crippen molar-refractivity contribution in [3.8, 4) is 0 Å². The van der Waals surface area contributed by atoms with Crippen molar-refractivity contribution in [3.05, 3.63) is 64.7 Å². The third kappa shape index (κ3) is 4.81. The monoisotopic (exact) mass is 381 g/mol. The molecule has 0 unspecified atom stereocenters. The van der Waals surface area contributed by atoms with Crippen LogP contribution in [0, 0.1) is 6.92 Å². The molecule has 0 fully saturated rings. The zero-order chi connectivity index (χ0) is 18.6. The number of benzene rings is 2. The maximum atomic E-state index is 12.5. The molecule has 0 heterocycles. The van der Waals surface area contributed by atoms with Crippen molar-refractivity contribution in [3.63, 3.8) is 0 Å². The van der Waals surface area contributed by atoms with Crippen molar-refractivity contribution in [1.29, 1.82) is 0 Å². The first-order chi connectivity index (χ1) is 11.7. The zero-order valence-corrected chi connectivity index (χ0v) is 15.8. The summed E-state index contributed by atoms with van der Waals surface area (Å²) < 4.78 is 31.3. The highest BCUT2D eigenvalue weighted by molar-refractivity contribution is 7.89. The molecular weight excluding hydrogens is 362 g/mol. The van der Waals surface area contributed by atoms with Crippen LogP contribution in [0.3, 0.4) is 0 Å². The summed E-state index contributed by atoms with van der Waals surface area (Å²) in [7, 11) is -2.41. The van der Waals surface area contributed by atoms with E-state index in [0.717, 1.165) is 9.87 Å². The predicted molar refractivity (Wildman–Crippen MR) is 97.0 cm³/mol. The van der Waals surface area contributed by atoms with Crippen LogP contribution >= 0.6 is 11.6 Å². The number of sulfonamides is 1. The Labute approximate surface area is 153 Å². The first-order valence-electron chi connectivity index (χ1n) is 7.68. The lowest BCUT2D eigenvalue weighted by molar-refractivity contribution is -0.148. The van der Waals surface area contributed by atoms with Gasteiger partial charge in [0.05, 0.1) is 4.90 Å². The Morgan fingerprint density at radius 3 is 2.36 bits per heavy atom.